The maximum absolute atomic E-state index is 11.6. The van der Waals surface area contributed by atoms with E-state index in [1.165, 1.54) is 0 Å². The van der Waals surface area contributed by atoms with Gasteiger partial charge >= 0.3 is 6.03 Å². The molecule has 0 saturated heterocycles. The van der Waals surface area contributed by atoms with Crippen molar-refractivity contribution in [3.8, 4) is 0 Å². The molecule has 5 nitrogen and oxygen atoms in total. The van der Waals surface area contributed by atoms with Crippen molar-refractivity contribution >= 4 is 6.03 Å². The summed E-state index contributed by atoms with van der Waals surface area (Å²) in [5.41, 5.74) is 2.66. The molecule has 1 aromatic carbocycles. The van der Waals surface area contributed by atoms with Gasteiger partial charge in [-0.25, -0.2) is 4.79 Å². The number of amides is 2. The van der Waals surface area contributed by atoms with Crippen molar-refractivity contribution in [1.82, 2.24) is 20.6 Å². The summed E-state index contributed by atoms with van der Waals surface area (Å²) in [5.74, 6) is 0. The Bertz CT molecular complexity index is 525. The summed E-state index contributed by atoms with van der Waals surface area (Å²) in [7, 11) is 0. The number of urea groups is 1. The lowest BCUT2D eigenvalue weighted by Gasteiger charge is -2.07. The summed E-state index contributed by atoms with van der Waals surface area (Å²) in [6, 6.07) is 9.54. The molecule has 5 heteroatoms. The highest BCUT2D eigenvalue weighted by Gasteiger charge is 2.01. The molecule has 0 unspecified atom stereocenters. The monoisotopic (exact) mass is 256 g/mol. The Morgan fingerprint density at radius 3 is 2.47 bits per heavy atom. The Morgan fingerprint density at radius 2 is 1.79 bits per heavy atom. The van der Waals surface area contributed by atoms with Gasteiger partial charge in [-0.3, -0.25) is 9.97 Å². The van der Waals surface area contributed by atoms with Gasteiger partial charge in [0.2, 0.25) is 0 Å². The van der Waals surface area contributed by atoms with Crippen molar-refractivity contribution in [3.63, 3.8) is 0 Å². The van der Waals surface area contributed by atoms with Crippen LogP contribution in [-0.4, -0.2) is 16.0 Å². The first-order valence-electron chi connectivity index (χ1n) is 6.07. The number of aromatic nitrogens is 2. The zero-order valence-corrected chi connectivity index (χ0v) is 10.8. The summed E-state index contributed by atoms with van der Waals surface area (Å²) in [6.45, 7) is 2.75. The van der Waals surface area contributed by atoms with Crippen molar-refractivity contribution in [2.24, 2.45) is 0 Å². The van der Waals surface area contributed by atoms with E-state index in [0.29, 0.717) is 13.1 Å². The molecule has 2 rings (SSSR count). The van der Waals surface area contributed by atoms with Gasteiger partial charge in [0.15, 0.2) is 0 Å². The van der Waals surface area contributed by atoms with Crippen LogP contribution in [0, 0.1) is 6.92 Å². The Labute approximate surface area is 112 Å². The second kappa shape index (κ2) is 6.49. The fraction of sp³-hybridized carbons (Fsp3) is 0.214. The van der Waals surface area contributed by atoms with E-state index >= 15 is 0 Å². The highest BCUT2D eigenvalue weighted by atomic mass is 16.2. The van der Waals surface area contributed by atoms with Crippen molar-refractivity contribution in [3.05, 3.63) is 59.7 Å². The molecule has 1 heterocycles. The van der Waals surface area contributed by atoms with E-state index in [0.717, 1.165) is 17.0 Å². The Kier molecular flexibility index (Phi) is 4.44. The van der Waals surface area contributed by atoms with Gasteiger partial charge in [-0.2, -0.15) is 0 Å². The molecule has 2 aromatic rings. The summed E-state index contributed by atoms with van der Waals surface area (Å²) >= 11 is 0. The molecule has 2 N–H and O–H groups in total. The molecule has 0 aliphatic rings. The zero-order valence-electron chi connectivity index (χ0n) is 10.8. The fourth-order valence-electron chi connectivity index (χ4n) is 1.52. The van der Waals surface area contributed by atoms with E-state index in [-0.39, 0.29) is 6.03 Å². The fourth-order valence-corrected chi connectivity index (χ4v) is 1.52. The molecular weight excluding hydrogens is 240 g/mol. The summed E-state index contributed by atoms with van der Waals surface area (Å²) < 4.78 is 0. The van der Waals surface area contributed by atoms with Crippen LogP contribution in [-0.2, 0) is 13.1 Å². The lowest BCUT2D eigenvalue weighted by Crippen LogP contribution is -2.34. The first-order chi connectivity index (χ1) is 9.24. The number of hydrogen-bond acceptors (Lipinski definition) is 3. The molecular formula is C14H16N4O. The number of nitrogens with zero attached hydrogens (tertiary/aromatic N) is 2. The van der Waals surface area contributed by atoms with E-state index < -0.39 is 0 Å². The quantitative estimate of drug-likeness (QED) is 0.876. The number of hydrogen-bond donors (Lipinski definition) is 2. The Morgan fingerprint density at radius 1 is 1.05 bits per heavy atom. The molecule has 0 bridgehead atoms. The van der Waals surface area contributed by atoms with Crippen LogP contribution in [0.1, 0.15) is 17.0 Å². The van der Waals surface area contributed by atoms with Crippen molar-refractivity contribution in [2.75, 3.05) is 0 Å². The van der Waals surface area contributed by atoms with Gasteiger partial charge < -0.3 is 10.6 Å². The zero-order chi connectivity index (χ0) is 13.5. The lowest BCUT2D eigenvalue weighted by atomic mass is 10.2. The van der Waals surface area contributed by atoms with E-state index in [2.05, 4.69) is 20.6 Å². The minimum atomic E-state index is -0.216. The largest absolute Gasteiger partial charge is 0.334 e. The van der Waals surface area contributed by atoms with Crippen LogP contribution in [0.3, 0.4) is 0 Å². The summed E-state index contributed by atoms with van der Waals surface area (Å²) in [5, 5.41) is 5.52. The number of carbonyl (C=O) groups is 1. The van der Waals surface area contributed by atoms with Crippen LogP contribution in [0.5, 0.6) is 0 Å². The predicted molar refractivity (Wildman–Crippen MR) is 72.3 cm³/mol. The third-order valence-corrected chi connectivity index (χ3v) is 2.56. The second-order valence-electron chi connectivity index (χ2n) is 4.17. The molecule has 0 saturated carbocycles. The SMILES string of the molecule is Cc1cnc(CNC(=O)NCc2ccccc2)cn1. The molecule has 0 aliphatic carbocycles. The average molecular weight is 256 g/mol. The molecule has 19 heavy (non-hydrogen) atoms. The smallest absolute Gasteiger partial charge is 0.315 e. The predicted octanol–water partition coefficient (Wildman–Crippen LogP) is 1.78. The minimum Gasteiger partial charge on any atom is -0.334 e. The maximum atomic E-state index is 11.6. The van der Waals surface area contributed by atoms with Crippen LogP contribution in [0.2, 0.25) is 0 Å². The van der Waals surface area contributed by atoms with Gasteiger partial charge in [0, 0.05) is 12.7 Å². The van der Waals surface area contributed by atoms with Gasteiger partial charge in [-0.05, 0) is 12.5 Å². The highest BCUT2D eigenvalue weighted by Crippen LogP contribution is 1.97. The molecule has 0 atom stereocenters. The molecule has 1 aromatic heterocycles. The average Bonchev–Trinajstić information content (AvgIpc) is 2.45. The maximum Gasteiger partial charge on any atom is 0.315 e. The van der Waals surface area contributed by atoms with E-state index in [1.54, 1.807) is 12.4 Å². The second-order valence-corrected chi connectivity index (χ2v) is 4.17. The van der Waals surface area contributed by atoms with Crippen molar-refractivity contribution in [1.29, 1.82) is 0 Å². The molecule has 0 radical (unpaired) electrons. The van der Waals surface area contributed by atoms with Crippen LogP contribution in [0.25, 0.3) is 0 Å². The van der Waals surface area contributed by atoms with Gasteiger partial charge in [-0.1, -0.05) is 30.3 Å². The number of aryl methyl sites for hydroxylation is 1. The minimum absolute atomic E-state index is 0.216. The standard InChI is InChI=1S/C14H16N4O/c1-11-7-16-13(9-15-11)10-18-14(19)17-8-12-5-3-2-4-6-12/h2-7,9H,8,10H2,1H3,(H2,17,18,19). The Balaban J connectivity index is 1.74. The molecule has 0 fully saturated rings. The van der Waals surface area contributed by atoms with Crippen molar-refractivity contribution < 1.29 is 4.79 Å². The molecule has 98 valence electrons. The highest BCUT2D eigenvalue weighted by molar-refractivity contribution is 5.73. The van der Waals surface area contributed by atoms with Crippen LogP contribution >= 0.6 is 0 Å². The van der Waals surface area contributed by atoms with E-state index in [1.807, 2.05) is 37.3 Å². The number of nitrogens with one attached hydrogen (secondary N) is 2. The first-order valence-corrected chi connectivity index (χ1v) is 6.07. The van der Waals surface area contributed by atoms with Crippen molar-refractivity contribution in [2.45, 2.75) is 20.0 Å². The van der Waals surface area contributed by atoms with Gasteiger partial charge in [-0.15, -0.1) is 0 Å². The van der Waals surface area contributed by atoms with Crippen LogP contribution in [0.15, 0.2) is 42.7 Å². The number of rotatable bonds is 4. The third-order valence-electron chi connectivity index (χ3n) is 2.56. The molecule has 0 aliphatic heterocycles. The first kappa shape index (κ1) is 13.0. The third kappa shape index (κ3) is 4.39. The van der Waals surface area contributed by atoms with Gasteiger partial charge in [0.05, 0.1) is 24.1 Å². The topological polar surface area (TPSA) is 66.9 Å². The lowest BCUT2D eigenvalue weighted by molar-refractivity contribution is 0.240. The normalized spacial score (nSPS) is 9.95. The number of carbonyl (C=O) groups excluding carboxylic acids is 1. The summed E-state index contributed by atoms with van der Waals surface area (Å²) in [6.07, 6.45) is 3.34. The van der Waals surface area contributed by atoms with E-state index in [4.69, 9.17) is 0 Å². The molecule has 0 spiro atoms. The Hall–Kier alpha value is -2.43. The number of benzene rings is 1. The van der Waals surface area contributed by atoms with Crippen LogP contribution < -0.4 is 10.6 Å². The van der Waals surface area contributed by atoms with Gasteiger partial charge in [0.25, 0.3) is 0 Å². The van der Waals surface area contributed by atoms with Gasteiger partial charge in [0.1, 0.15) is 0 Å². The summed E-state index contributed by atoms with van der Waals surface area (Å²) in [4.78, 5) is 19.9. The van der Waals surface area contributed by atoms with E-state index in [9.17, 15) is 4.79 Å². The molecule has 2 amide bonds. The van der Waals surface area contributed by atoms with Crippen LogP contribution in [0.4, 0.5) is 4.79 Å².